The Morgan fingerprint density at radius 3 is 2.80 bits per heavy atom. The summed E-state index contributed by atoms with van der Waals surface area (Å²) in [5.74, 6) is 0.0622. The van der Waals surface area contributed by atoms with E-state index in [-0.39, 0.29) is 11.8 Å². The third-order valence-corrected chi connectivity index (χ3v) is 2.51. The highest BCUT2D eigenvalue weighted by Crippen LogP contribution is 2.09. The molecule has 0 saturated heterocycles. The molecule has 2 nitrogen and oxygen atoms in total. The lowest BCUT2D eigenvalue weighted by atomic mass is 9.99. The molecule has 2 heteroatoms. The van der Waals surface area contributed by atoms with Crippen molar-refractivity contribution in [3.63, 3.8) is 0 Å². The largest absolute Gasteiger partial charge is 0.321 e. The van der Waals surface area contributed by atoms with Crippen molar-refractivity contribution < 1.29 is 4.79 Å². The molecule has 2 N–H and O–H groups in total. The molecule has 0 radical (unpaired) electrons. The Morgan fingerprint density at radius 1 is 1.47 bits per heavy atom. The molecule has 1 aromatic carbocycles. The van der Waals surface area contributed by atoms with Gasteiger partial charge in [-0.1, -0.05) is 43.5 Å². The van der Waals surface area contributed by atoms with Crippen LogP contribution in [0.4, 0.5) is 0 Å². The summed E-state index contributed by atoms with van der Waals surface area (Å²) < 4.78 is 0. The molecule has 1 unspecified atom stereocenters. The van der Waals surface area contributed by atoms with Gasteiger partial charge in [-0.2, -0.15) is 0 Å². The molecular formula is C13H19NO. The Hall–Kier alpha value is -1.15. The molecule has 0 aliphatic carbocycles. The van der Waals surface area contributed by atoms with Crippen LogP contribution in [0.5, 0.6) is 0 Å². The molecule has 0 heterocycles. The van der Waals surface area contributed by atoms with Crippen molar-refractivity contribution >= 4 is 5.78 Å². The highest BCUT2D eigenvalue weighted by molar-refractivity contribution is 6.00. The van der Waals surface area contributed by atoms with Crippen LogP contribution < -0.4 is 5.73 Å². The number of carbonyl (C=O) groups is 1. The van der Waals surface area contributed by atoms with Gasteiger partial charge in [0, 0.05) is 5.56 Å². The van der Waals surface area contributed by atoms with Crippen molar-refractivity contribution in [1.82, 2.24) is 0 Å². The summed E-state index contributed by atoms with van der Waals surface area (Å²) in [7, 11) is 0. The molecule has 0 fully saturated rings. The summed E-state index contributed by atoms with van der Waals surface area (Å²) in [5, 5.41) is 0. The van der Waals surface area contributed by atoms with Gasteiger partial charge in [0.05, 0.1) is 6.04 Å². The highest BCUT2D eigenvalue weighted by atomic mass is 16.1. The van der Waals surface area contributed by atoms with E-state index < -0.39 is 0 Å². The fraction of sp³-hybridized carbons (Fsp3) is 0.462. The second-order valence-corrected chi connectivity index (χ2v) is 3.98. The van der Waals surface area contributed by atoms with E-state index >= 15 is 0 Å². The standard InChI is InChI=1S/C13H19NO/c1-3-4-8-12(14)13(15)11-7-5-6-10(2)9-11/h5-7,9,12H,3-4,8,14H2,1-2H3. The van der Waals surface area contributed by atoms with Gasteiger partial charge in [-0.05, 0) is 19.4 Å². The number of benzene rings is 1. The molecule has 0 saturated carbocycles. The van der Waals surface area contributed by atoms with Gasteiger partial charge in [0.2, 0.25) is 0 Å². The molecule has 0 aliphatic rings. The molecule has 1 aromatic rings. The average molecular weight is 205 g/mol. The molecule has 0 bridgehead atoms. The van der Waals surface area contributed by atoms with Gasteiger partial charge >= 0.3 is 0 Å². The zero-order valence-electron chi connectivity index (χ0n) is 9.49. The Balaban J connectivity index is 2.67. The van der Waals surface area contributed by atoms with E-state index in [9.17, 15) is 4.79 Å². The van der Waals surface area contributed by atoms with E-state index in [1.807, 2.05) is 31.2 Å². The average Bonchev–Trinajstić information content (AvgIpc) is 2.24. The van der Waals surface area contributed by atoms with E-state index in [1.165, 1.54) is 0 Å². The maximum Gasteiger partial charge on any atom is 0.179 e. The SMILES string of the molecule is CCCCC(N)C(=O)c1cccc(C)c1. The predicted molar refractivity (Wildman–Crippen MR) is 63.0 cm³/mol. The summed E-state index contributed by atoms with van der Waals surface area (Å²) in [5.41, 5.74) is 7.67. The van der Waals surface area contributed by atoms with E-state index in [0.29, 0.717) is 0 Å². The number of aryl methyl sites for hydroxylation is 1. The normalized spacial score (nSPS) is 12.5. The van der Waals surface area contributed by atoms with Crippen molar-refractivity contribution in [1.29, 1.82) is 0 Å². The zero-order chi connectivity index (χ0) is 11.3. The topological polar surface area (TPSA) is 43.1 Å². The summed E-state index contributed by atoms with van der Waals surface area (Å²) in [6.45, 7) is 4.08. The molecule has 0 amide bonds. The van der Waals surface area contributed by atoms with Crippen molar-refractivity contribution in [2.75, 3.05) is 0 Å². The van der Waals surface area contributed by atoms with Crippen LogP contribution in [0.25, 0.3) is 0 Å². The summed E-state index contributed by atoms with van der Waals surface area (Å²) in [6.07, 6.45) is 2.87. The smallest absolute Gasteiger partial charge is 0.179 e. The fourth-order valence-electron chi connectivity index (χ4n) is 1.57. The quantitative estimate of drug-likeness (QED) is 0.751. The number of ketones is 1. The lowest BCUT2D eigenvalue weighted by molar-refractivity contribution is 0.0956. The Labute approximate surface area is 91.5 Å². The van der Waals surface area contributed by atoms with E-state index in [4.69, 9.17) is 5.73 Å². The molecule has 82 valence electrons. The Morgan fingerprint density at radius 2 is 2.20 bits per heavy atom. The van der Waals surface area contributed by atoms with Gasteiger partial charge in [0.25, 0.3) is 0 Å². The van der Waals surface area contributed by atoms with Crippen LogP contribution in [-0.4, -0.2) is 11.8 Å². The van der Waals surface area contributed by atoms with Crippen molar-refractivity contribution in [2.45, 2.75) is 39.2 Å². The molecular weight excluding hydrogens is 186 g/mol. The van der Waals surface area contributed by atoms with Crippen molar-refractivity contribution in [3.05, 3.63) is 35.4 Å². The van der Waals surface area contributed by atoms with Crippen LogP contribution >= 0.6 is 0 Å². The van der Waals surface area contributed by atoms with Crippen molar-refractivity contribution in [3.8, 4) is 0 Å². The summed E-state index contributed by atoms with van der Waals surface area (Å²) in [4.78, 5) is 11.9. The first-order valence-corrected chi connectivity index (χ1v) is 5.51. The second kappa shape index (κ2) is 5.66. The minimum absolute atomic E-state index is 0.0622. The van der Waals surface area contributed by atoms with E-state index in [1.54, 1.807) is 0 Å². The first-order valence-electron chi connectivity index (χ1n) is 5.51. The third kappa shape index (κ3) is 3.48. The maximum atomic E-state index is 11.9. The van der Waals surface area contributed by atoms with Crippen LogP contribution in [0, 0.1) is 6.92 Å². The number of unbranched alkanes of at least 4 members (excludes halogenated alkanes) is 1. The van der Waals surface area contributed by atoms with Gasteiger partial charge in [-0.15, -0.1) is 0 Å². The minimum atomic E-state index is -0.341. The van der Waals surface area contributed by atoms with Crippen LogP contribution in [-0.2, 0) is 0 Å². The van der Waals surface area contributed by atoms with Crippen molar-refractivity contribution in [2.24, 2.45) is 5.73 Å². The van der Waals surface area contributed by atoms with Gasteiger partial charge < -0.3 is 5.73 Å². The maximum absolute atomic E-state index is 11.9. The first kappa shape index (κ1) is 11.9. The van der Waals surface area contributed by atoms with Crippen LogP contribution in [0.15, 0.2) is 24.3 Å². The predicted octanol–water partition coefficient (Wildman–Crippen LogP) is 2.70. The van der Waals surface area contributed by atoms with E-state index in [2.05, 4.69) is 6.92 Å². The van der Waals surface area contributed by atoms with Gasteiger partial charge in [0.15, 0.2) is 5.78 Å². The third-order valence-electron chi connectivity index (χ3n) is 2.51. The number of hydrogen-bond acceptors (Lipinski definition) is 2. The van der Waals surface area contributed by atoms with Gasteiger partial charge in [-0.3, -0.25) is 4.79 Å². The molecule has 0 aromatic heterocycles. The zero-order valence-corrected chi connectivity index (χ0v) is 9.49. The first-order chi connectivity index (χ1) is 7.15. The number of rotatable bonds is 5. The lowest BCUT2D eigenvalue weighted by Gasteiger charge is -2.10. The van der Waals surface area contributed by atoms with Crippen LogP contribution in [0.1, 0.15) is 42.1 Å². The minimum Gasteiger partial charge on any atom is -0.321 e. The summed E-state index contributed by atoms with van der Waals surface area (Å²) >= 11 is 0. The van der Waals surface area contributed by atoms with Gasteiger partial charge in [-0.25, -0.2) is 0 Å². The molecule has 0 spiro atoms. The Kier molecular flexibility index (Phi) is 4.50. The summed E-state index contributed by atoms with van der Waals surface area (Å²) in [6, 6.07) is 7.27. The monoisotopic (exact) mass is 205 g/mol. The number of hydrogen-bond donors (Lipinski definition) is 1. The number of Topliss-reactive ketones (excluding diaryl/α,β-unsaturated/α-hetero) is 1. The van der Waals surface area contributed by atoms with Crippen LogP contribution in [0.3, 0.4) is 0 Å². The molecule has 1 atom stereocenters. The van der Waals surface area contributed by atoms with Gasteiger partial charge in [0.1, 0.15) is 0 Å². The second-order valence-electron chi connectivity index (χ2n) is 3.98. The number of nitrogens with two attached hydrogens (primary N) is 1. The Bertz CT molecular complexity index is 333. The molecule has 15 heavy (non-hydrogen) atoms. The van der Waals surface area contributed by atoms with Crippen LogP contribution in [0.2, 0.25) is 0 Å². The molecule has 1 rings (SSSR count). The highest BCUT2D eigenvalue weighted by Gasteiger charge is 2.14. The molecule has 0 aliphatic heterocycles. The number of carbonyl (C=O) groups excluding carboxylic acids is 1. The fourth-order valence-corrected chi connectivity index (χ4v) is 1.57. The lowest BCUT2D eigenvalue weighted by Crippen LogP contribution is -2.30. The van der Waals surface area contributed by atoms with E-state index in [0.717, 1.165) is 30.4 Å².